The van der Waals surface area contributed by atoms with Crippen LogP contribution in [0.15, 0.2) is 54.9 Å². The molecule has 2 aliphatic rings. The van der Waals surface area contributed by atoms with E-state index in [1.54, 1.807) is 0 Å². The molecule has 2 aliphatic heterocycles. The van der Waals surface area contributed by atoms with E-state index in [1.807, 2.05) is 73.2 Å². The van der Waals surface area contributed by atoms with Crippen molar-refractivity contribution in [2.24, 2.45) is 13.0 Å². The maximum atomic E-state index is 13.8. The summed E-state index contributed by atoms with van der Waals surface area (Å²) in [5.41, 5.74) is 8.73. The minimum absolute atomic E-state index is 0.0471. The number of aryl methyl sites for hydroxylation is 3. The van der Waals surface area contributed by atoms with Crippen LogP contribution in [-0.2, 0) is 13.6 Å². The highest BCUT2D eigenvalue weighted by Gasteiger charge is 2.33. The highest BCUT2D eigenvalue weighted by atomic mass is 16.2. The molecule has 9 heteroatoms. The number of hydrogen-bond donors (Lipinski definition) is 2. The third-order valence-corrected chi connectivity index (χ3v) is 8.51. The zero-order valence-electron chi connectivity index (χ0n) is 23.9. The topological polar surface area (TPSA) is 95.0 Å². The molecule has 0 aliphatic carbocycles. The van der Waals surface area contributed by atoms with E-state index in [2.05, 4.69) is 44.3 Å². The number of aromatic amines is 1. The lowest BCUT2D eigenvalue weighted by Crippen LogP contribution is -2.34. The number of fused-ring (bicyclic) bond motifs is 2. The van der Waals surface area contributed by atoms with E-state index in [1.165, 1.54) is 18.5 Å². The number of piperidine rings is 1. The molecule has 1 unspecified atom stereocenters. The van der Waals surface area contributed by atoms with E-state index in [-0.39, 0.29) is 5.91 Å². The van der Waals surface area contributed by atoms with Crippen molar-refractivity contribution in [3.63, 3.8) is 0 Å². The summed E-state index contributed by atoms with van der Waals surface area (Å²) in [6.07, 6.45) is 6.26. The van der Waals surface area contributed by atoms with Crippen molar-refractivity contribution in [2.45, 2.75) is 40.2 Å². The molecule has 0 bridgehead atoms. The third kappa shape index (κ3) is 4.32. The number of rotatable bonds is 5. The van der Waals surface area contributed by atoms with Crippen LogP contribution in [0.5, 0.6) is 0 Å². The molecule has 5 aromatic rings. The molecule has 7 rings (SSSR count). The maximum Gasteiger partial charge on any atom is 0.259 e. The standard InChI is InChI=1S/C32H34N8O/c1-19-8-7-13-39(17-19)26-11-6-10-23-25(26)18-40(31(23)41)27-12-5-9-22-24(16-33-30(22)27)29-20(2)15-34-32(36-29)35-28-14-21(3)38(4)37-28/h5-6,9-12,14-16,19,33H,7-8,13,17-18H2,1-4H3,(H,34,35,36,37). The van der Waals surface area contributed by atoms with E-state index in [0.29, 0.717) is 24.2 Å². The molecule has 0 spiro atoms. The number of anilines is 4. The first-order valence-electron chi connectivity index (χ1n) is 14.3. The van der Waals surface area contributed by atoms with E-state index >= 15 is 0 Å². The van der Waals surface area contributed by atoms with Crippen LogP contribution in [0.4, 0.5) is 23.1 Å². The fraction of sp³-hybridized carbons (Fsp3) is 0.312. The summed E-state index contributed by atoms with van der Waals surface area (Å²) < 4.78 is 1.81. The van der Waals surface area contributed by atoms with Crippen molar-refractivity contribution in [3.05, 3.63) is 77.2 Å². The van der Waals surface area contributed by atoms with Gasteiger partial charge >= 0.3 is 0 Å². The number of carbonyl (C=O) groups excluding carboxylic acids is 1. The Morgan fingerprint density at radius 3 is 2.71 bits per heavy atom. The van der Waals surface area contributed by atoms with Crippen LogP contribution < -0.4 is 15.1 Å². The van der Waals surface area contributed by atoms with E-state index in [0.717, 1.165) is 63.3 Å². The van der Waals surface area contributed by atoms with Crippen molar-refractivity contribution in [1.29, 1.82) is 0 Å². The van der Waals surface area contributed by atoms with Crippen molar-refractivity contribution in [2.75, 3.05) is 28.2 Å². The Hall–Kier alpha value is -4.66. The van der Waals surface area contributed by atoms with Gasteiger partial charge in [-0.05, 0) is 56.4 Å². The number of carbonyl (C=O) groups is 1. The first-order valence-corrected chi connectivity index (χ1v) is 14.3. The Labute approximate surface area is 239 Å². The van der Waals surface area contributed by atoms with Crippen molar-refractivity contribution >= 4 is 40.0 Å². The fourth-order valence-electron chi connectivity index (χ4n) is 6.29. The lowest BCUT2D eigenvalue weighted by atomic mass is 9.98. The van der Waals surface area contributed by atoms with Crippen LogP contribution in [0.1, 0.15) is 46.9 Å². The van der Waals surface area contributed by atoms with Gasteiger partial charge < -0.3 is 20.1 Å². The second-order valence-corrected chi connectivity index (χ2v) is 11.4. The lowest BCUT2D eigenvalue weighted by molar-refractivity contribution is 0.0997. The van der Waals surface area contributed by atoms with Gasteiger partial charge in [-0.1, -0.05) is 25.1 Å². The molecule has 1 saturated heterocycles. The molecule has 1 atom stereocenters. The Morgan fingerprint density at radius 2 is 1.90 bits per heavy atom. The summed E-state index contributed by atoms with van der Waals surface area (Å²) in [6, 6.07) is 14.3. The highest BCUT2D eigenvalue weighted by Crippen LogP contribution is 2.40. The molecule has 41 heavy (non-hydrogen) atoms. The number of benzene rings is 2. The summed E-state index contributed by atoms with van der Waals surface area (Å²) in [7, 11) is 1.91. The number of para-hydroxylation sites is 1. The first kappa shape index (κ1) is 25.3. The zero-order chi connectivity index (χ0) is 28.2. The van der Waals surface area contributed by atoms with E-state index in [9.17, 15) is 4.79 Å². The Bertz CT molecular complexity index is 1780. The van der Waals surface area contributed by atoms with Crippen molar-refractivity contribution in [3.8, 4) is 11.3 Å². The molecule has 3 aromatic heterocycles. The second kappa shape index (κ2) is 9.76. The van der Waals surface area contributed by atoms with Gasteiger partial charge in [-0.2, -0.15) is 5.10 Å². The second-order valence-electron chi connectivity index (χ2n) is 11.4. The van der Waals surface area contributed by atoms with Gasteiger partial charge in [0, 0.05) is 72.1 Å². The fourth-order valence-corrected chi connectivity index (χ4v) is 6.29. The van der Waals surface area contributed by atoms with Crippen LogP contribution in [0.3, 0.4) is 0 Å². The van der Waals surface area contributed by atoms with Gasteiger partial charge in [-0.25, -0.2) is 9.97 Å². The average Bonchev–Trinajstić information content (AvgIpc) is 3.64. The number of nitrogens with zero attached hydrogens (tertiary/aromatic N) is 6. The summed E-state index contributed by atoms with van der Waals surface area (Å²) in [6.45, 7) is 8.97. The monoisotopic (exact) mass is 546 g/mol. The molecule has 2 N–H and O–H groups in total. The van der Waals surface area contributed by atoms with E-state index < -0.39 is 0 Å². The molecule has 208 valence electrons. The minimum Gasteiger partial charge on any atom is -0.371 e. The quantitative estimate of drug-likeness (QED) is 0.276. The van der Waals surface area contributed by atoms with Crippen molar-refractivity contribution in [1.82, 2.24) is 24.7 Å². The van der Waals surface area contributed by atoms with Gasteiger partial charge in [0.05, 0.1) is 23.4 Å². The maximum absolute atomic E-state index is 13.8. The van der Waals surface area contributed by atoms with Gasteiger partial charge in [0.1, 0.15) is 0 Å². The van der Waals surface area contributed by atoms with Gasteiger partial charge in [0.25, 0.3) is 5.91 Å². The Kier molecular flexibility index (Phi) is 6.03. The number of H-pyrrole nitrogens is 1. The third-order valence-electron chi connectivity index (χ3n) is 8.51. The Balaban J connectivity index is 1.23. The summed E-state index contributed by atoms with van der Waals surface area (Å²) in [4.78, 5) is 31.0. The van der Waals surface area contributed by atoms with Crippen LogP contribution in [-0.4, -0.2) is 43.7 Å². The molecular weight excluding hydrogens is 512 g/mol. The van der Waals surface area contributed by atoms with Crippen LogP contribution in [0.2, 0.25) is 0 Å². The molecule has 2 aromatic carbocycles. The predicted molar refractivity (Wildman–Crippen MR) is 163 cm³/mol. The smallest absolute Gasteiger partial charge is 0.259 e. The van der Waals surface area contributed by atoms with Gasteiger partial charge in [-0.15, -0.1) is 0 Å². The molecule has 0 radical (unpaired) electrons. The lowest BCUT2D eigenvalue weighted by Gasteiger charge is -2.34. The first-order chi connectivity index (χ1) is 19.9. The van der Waals surface area contributed by atoms with Crippen LogP contribution in [0, 0.1) is 19.8 Å². The number of hydrogen-bond acceptors (Lipinski definition) is 6. The summed E-state index contributed by atoms with van der Waals surface area (Å²) >= 11 is 0. The van der Waals surface area contributed by atoms with Crippen LogP contribution >= 0.6 is 0 Å². The average molecular weight is 547 g/mol. The molecule has 5 heterocycles. The number of aromatic nitrogens is 5. The molecule has 1 fully saturated rings. The predicted octanol–water partition coefficient (Wildman–Crippen LogP) is 6.12. The number of nitrogens with one attached hydrogen (secondary N) is 2. The minimum atomic E-state index is 0.0471. The van der Waals surface area contributed by atoms with Crippen LogP contribution in [0.25, 0.3) is 22.2 Å². The van der Waals surface area contributed by atoms with Crippen molar-refractivity contribution < 1.29 is 4.79 Å². The molecule has 1 amide bonds. The molecule has 0 saturated carbocycles. The largest absolute Gasteiger partial charge is 0.371 e. The van der Waals surface area contributed by atoms with E-state index in [4.69, 9.17) is 4.98 Å². The molecule has 9 nitrogen and oxygen atoms in total. The number of amides is 1. The van der Waals surface area contributed by atoms with Gasteiger partial charge in [0.2, 0.25) is 5.95 Å². The van der Waals surface area contributed by atoms with Gasteiger partial charge in [-0.3, -0.25) is 9.48 Å². The van der Waals surface area contributed by atoms with Gasteiger partial charge in [0.15, 0.2) is 5.82 Å². The zero-order valence-corrected chi connectivity index (χ0v) is 23.9. The SMILES string of the molecule is Cc1cnc(Nc2cc(C)n(C)n2)nc1-c1c[nH]c2c(N3Cc4c(cccc4N4CCCC(C)C4)C3=O)cccc12. The summed E-state index contributed by atoms with van der Waals surface area (Å²) in [5, 5.41) is 8.71. The normalized spacial score (nSPS) is 17.0. The molecular formula is C32H34N8O. The highest BCUT2D eigenvalue weighted by molar-refractivity contribution is 6.15. The Morgan fingerprint density at radius 1 is 1.07 bits per heavy atom. The summed E-state index contributed by atoms with van der Waals surface area (Å²) in [5.74, 6) is 1.89.